The van der Waals surface area contributed by atoms with E-state index in [1.54, 1.807) is 61.3 Å². The highest BCUT2D eigenvalue weighted by Crippen LogP contribution is 2.31. The van der Waals surface area contributed by atoms with E-state index in [0.29, 0.717) is 40.2 Å². The molecular formula is C24H25N5O5S. The molecule has 10 nitrogen and oxygen atoms in total. The van der Waals surface area contributed by atoms with Crippen molar-refractivity contribution < 1.29 is 19.0 Å². The molecule has 0 saturated heterocycles. The summed E-state index contributed by atoms with van der Waals surface area (Å²) < 4.78 is 19.0. The van der Waals surface area contributed by atoms with E-state index in [1.807, 2.05) is 19.1 Å². The lowest BCUT2D eigenvalue weighted by atomic mass is 10.2. The Hall–Kier alpha value is -3.99. The van der Waals surface area contributed by atoms with Crippen LogP contribution in [0.1, 0.15) is 13.3 Å². The van der Waals surface area contributed by atoms with E-state index in [2.05, 4.69) is 15.5 Å². The molecule has 35 heavy (non-hydrogen) atoms. The van der Waals surface area contributed by atoms with Crippen LogP contribution in [-0.2, 0) is 4.79 Å². The number of fused-ring (bicyclic) bond motifs is 1. The van der Waals surface area contributed by atoms with Gasteiger partial charge in [-0.05, 0) is 30.7 Å². The average Bonchev–Trinajstić information content (AvgIpc) is 3.31. The van der Waals surface area contributed by atoms with Gasteiger partial charge >= 0.3 is 5.56 Å². The minimum atomic E-state index is -0.481. The molecule has 182 valence electrons. The molecule has 0 aliphatic heterocycles. The first-order valence-electron chi connectivity index (χ1n) is 10.8. The van der Waals surface area contributed by atoms with Crippen molar-refractivity contribution in [3.8, 4) is 22.9 Å². The van der Waals surface area contributed by atoms with E-state index < -0.39 is 5.25 Å². The molecule has 0 fully saturated rings. The van der Waals surface area contributed by atoms with Crippen LogP contribution in [0.5, 0.6) is 17.2 Å². The van der Waals surface area contributed by atoms with Crippen molar-refractivity contribution in [1.29, 1.82) is 0 Å². The van der Waals surface area contributed by atoms with Crippen molar-refractivity contribution >= 4 is 29.0 Å². The molecule has 0 aliphatic rings. The normalized spacial score (nSPS) is 11.8. The lowest BCUT2D eigenvalue weighted by molar-refractivity contribution is -0.115. The first kappa shape index (κ1) is 24.1. The van der Waals surface area contributed by atoms with E-state index in [0.717, 1.165) is 0 Å². The van der Waals surface area contributed by atoms with Crippen molar-refractivity contribution in [2.75, 3.05) is 26.6 Å². The number of amides is 1. The van der Waals surface area contributed by atoms with Crippen molar-refractivity contribution in [3.05, 3.63) is 65.2 Å². The van der Waals surface area contributed by atoms with E-state index in [4.69, 9.17) is 14.2 Å². The highest BCUT2D eigenvalue weighted by Gasteiger charge is 2.23. The highest BCUT2D eigenvalue weighted by molar-refractivity contribution is 8.00. The number of thioether (sulfide) groups is 1. The molecule has 11 heteroatoms. The predicted octanol–water partition coefficient (Wildman–Crippen LogP) is 3.42. The Balaban J connectivity index is 1.59. The van der Waals surface area contributed by atoms with Gasteiger partial charge in [0.15, 0.2) is 5.16 Å². The second-order valence-corrected chi connectivity index (χ2v) is 8.56. The van der Waals surface area contributed by atoms with Crippen LogP contribution in [-0.4, -0.2) is 51.7 Å². The van der Waals surface area contributed by atoms with Gasteiger partial charge < -0.3 is 19.5 Å². The smallest absolute Gasteiger partial charge is 0.300 e. The number of anilines is 1. The summed E-state index contributed by atoms with van der Waals surface area (Å²) in [6.07, 6.45) is 3.86. The number of hydrogen-bond donors (Lipinski definition) is 1. The monoisotopic (exact) mass is 495 g/mol. The fourth-order valence-electron chi connectivity index (χ4n) is 3.53. The van der Waals surface area contributed by atoms with Crippen LogP contribution in [0.4, 0.5) is 5.69 Å². The van der Waals surface area contributed by atoms with Crippen LogP contribution in [0.3, 0.4) is 0 Å². The molecule has 1 unspecified atom stereocenters. The first-order chi connectivity index (χ1) is 17.0. The summed E-state index contributed by atoms with van der Waals surface area (Å²) in [5.41, 5.74) is 0.923. The molecular weight excluding hydrogens is 470 g/mol. The summed E-state index contributed by atoms with van der Waals surface area (Å²) in [6.45, 7) is 1.90. The standard InChI is InChI=1S/C24H25N5O5S/c1-5-20(22(30)25-16-11-10-15(32-2)14-19(16)34-4)35-24-27-26-21-23(31)28(12-13-29(21)24)17-8-6-7-9-18(17)33-3/h6-14,20H,5H2,1-4H3,(H,25,30). The van der Waals surface area contributed by atoms with Gasteiger partial charge in [-0.1, -0.05) is 30.8 Å². The molecule has 1 amide bonds. The lowest BCUT2D eigenvalue weighted by Crippen LogP contribution is -2.25. The largest absolute Gasteiger partial charge is 0.497 e. The van der Waals surface area contributed by atoms with Gasteiger partial charge in [-0.2, -0.15) is 0 Å². The Kier molecular flexibility index (Phi) is 7.25. The predicted molar refractivity (Wildman–Crippen MR) is 133 cm³/mol. The number of nitrogens with zero attached hydrogens (tertiary/aromatic N) is 4. The minimum absolute atomic E-state index is 0.146. The number of hydrogen-bond acceptors (Lipinski definition) is 8. The minimum Gasteiger partial charge on any atom is -0.497 e. The summed E-state index contributed by atoms with van der Waals surface area (Å²) in [4.78, 5) is 26.2. The number of ether oxygens (including phenoxy) is 3. The summed E-state index contributed by atoms with van der Waals surface area (Å²) in [5.74, 6) is 1.45. The van der Waals surface area contributed by atoms with Crippen LogP contribution >= 0.6 is 11.8 Å². The Bertz CT molecular complexity index is 1420. The second kappa shape index (κ2) is 10.5. The molecule has 0 saturated carbocycles. The molecule has 1 atom stereocenters. The third kappa shape index (κ3) is 4.80. The first-order valence-corrected chi connectivity index (χ1v) is 11.7. The van der Waals surface area contributed by atoms with Gasteiger partial charge in [-0.3, -0.25) is 18.6 Å². The van der Waals surface area contributed by atoms with E-state index in [-0.39, 0.29) is 17.1 Å². The number of carbonyl (C=O) groups is 1. The summed E-state index contributed by atoms with van der Waals surface area (Å²) >= 11 is 1.23. The number of carbonyl (C=O) groups excluding carboxylic acids is 1. The maximum Gasteiger partial charge on any atom is 0.300 e. The third-order valence-electron chi connectivity index (χ3n) is 5.36. The SMILES string of the molecule is CCC(Sc1nnc2c(=O)n(-c3ccccc3OC)ccn12)C(=O)Nc1ccc(OC)cc1OC. The van der Waals surface area contributed by atoms with Gasteiger partial charge in [0.2, 0.25) is 11.6 Å². The van der Waals surface area contributed by atoms with Crippen LogP contribution < -0.4 is 25.1 Å². The van der Waals surface area contributed by atoms with Crippen LogP contribution in [0.15, 0.2) is 64.8 Å². The molecule has 0 aliphatic carbocycles. The number of methoxy groups -OCH3 is 3. The third-order valence-corrected chi connectivity index (χ3v) is 6.68. The summed E-state index contributed by atoms with van der Waals surface area (Å²) in [5, 5.41) is 11.1. The fourth-order valence-corrected chi connectivity index (χ4v) is 4.47. The van der Waals surface area contributed by atoms with Gasteiger partial charge in [0.1, 0.15) is 17.2 Å². The molecule has 4 aromatic rings. The highest BCUT2D eigenvalue weighted by atomic mass is 32.2. The van der Waals surface area contributed by atoms with Gasteiger partial charge in [-0.15, -0.1) is 10.2 Å². The van der Waals surface area contributed by atoms with Gasteiger partial charge in [0.05, 0.1) is 38.0 Å². The van der Waals surface area contributed by atoms with E-state index >= 15 is 0 Å². The fraction of sp³-hybridized carbons (Fsp3) is 0.250. The van der Waals surface area contributed by atoms with Crippen molar-refractivity contribution in [2.45, 2.75) is 23.8 Å². The second-order valence-electron chi connectivity index (χ2n) is 7.39. The Labute approximate surface area is 205 Å². The van der Waals surface area contributed by atoms with Crippen LogP contribution in [0, 0.1) is 0 Å². The number of para-hydroxylation sites is 2. The van der Waals surface area contributed by atoms with Gasteiger partial charge in [0, 0.05) is 18.5 Å². The maximum atomic E-state index is 13.1. The summed E-state index contributed by atoms with van der Waals surface area (Å²) in [7, 11) is 4.63. The summed E-state index contributed by atoms with van der Waals surface area (Å²) in [6, 6.07) is 12.4. The van der Waals surface area contributed by atoms with Crippen molar-refractivity contribution in [1.82, 2.24) is 19.2 Å². The molecule has 0 radical (unpaired) electrons. The van der Waals surface area contributed by atoms with Gasteiger partial charge in [-0.25, -0.2) is 0 Å². The topological polar surface area (TPSA) is 109 Å². The molecule has 0 bridgehead atoms. The average molecular weight is 496 g/mol. The van der Waals surface area contributed by atoms with E-state index in [9.17, 15) is 9.59 Å². The molecule has 2 aromatic heterocycles. The zero-order valence-electron chi connectivity index (χ0n) is 19.7. The van der Waals surface area contributed by atoms with E-state index in [1.165, 1.54) is 23.4 Å². The van der Waals surface area contributed by atoms with Crippen molar-refractivity contribution in [2.24, 2.45) is 0 Å². The number of aromatic nitrogens is 4. The zero-order chi connectivity index (χ0) is 24.9. The Morgan fingerprint density at radius 3 is 2.51 bits per heavy atom. The molecule has 0 spiro atoms. The quantitative estimate of drug-likeness (QED) is 0.352. The molecule has 2 aromatic carbocycles. The number of nitrogens with one attached hydrogen (secondary N) is 1. The van der Waals surface area contributed by atoms with Crippen LogP contribution in [0.25, 0.3) is 11.3 Å². The number of benzene rings is 2. The maximum absolute atomic E-state index is 13.1. The zero-order valence-corrected chi connectivity index (χ0v) is 20.5. The Morgan fingerprint density at radius 1 is 1.03 bits per heavy atom. The van der Waals surface area contributed by atoms with Crippen LogP contribution in [0.2, 0.25) is 0 Å². The molecule has 4 rings (SSSR count). The molecule has 2 heterocycles. The number of rotatable bonds is 9. The Morgan fingerprint density at radius 2 is 1.80 bits per heavy atom. The molecule has 1 N–H and O–H groups in total. The van der Waals surface area contributed by atoms with Crippen molar-refractivity contribution in [3.63, 3.8) is 0 Å². The van der Waals surface area contributed by atoms with Gasteiger partial charge in [0.25, 0.3) is 0 Å². The lowest BCUT2D eigenvalue weighted by Gasteiger charge is -2.16.